The highest BCUT2D eigenvalue weighted by molar-refractivity contribution is 6.17. The minimum Gasteiger partial charge on any atom is -0.294 e. The van der Waals surface area contributed by atoms with Crippen molar-refractivity contribution in [2.45, 2.75) is 12.8 Å². The normalized spacial score (nSPS) is 21.7. The number of ketones is 2. The van der Waals surface area contributed by atoms with Crippen molar-refractivity contribution in [2.75, 3.05) is 0 Å². The number of rotatable bonds is 0. The minimum absolute atomic E-state index is 0.0400. The highest BCUT2D eigenvalue weighted by atomic mass is 16.1. The van der Waals surface area contributed by atoms with Crippen molar-refractivity contribution in [3.05, 3.63) is 35.5 Å². The van der Waals surface area contributed by atoms with E-state index in [0.717, 1.165) is 11.1 Å². The fourth-order valence-corrected chi connectivity index (χ4v) is 1.48. The molecule has 60 valence electrons. The van der Waals surface area contributed by atoms with E-state index in [9.17, 15) is 9.59 Å². The monoisotopic (exact) mass is 160 g/mol. The SMILES string of the molecule is O=C1C=C2CC=CC=C2C(=O)C1. The van der Waals surface area contributed by atoms with Crippen LogP contribution in [0.25, 0.3) is 0 Å². The van der Waals surface area contributed by atoms with Crippen LogP contribution >= 0.6 is 0 Å². The van der Waals surface area contributed by atoms with Crippen molar-refractivity contribution in [1.82, 2.24) is 0 Å². The van der Waals surface area contributed by atoms with Crippen molar-refractivity contribution >= 4 is 11.6 Å². The molecule has 0 heterocycles. The van der Waals surface area contributed by atoms with E-state index in [1.807, 2.05) is 12.2 Å². The number of Topliss-reactive ketones (excluding diaryl/α,β-unsaturated/α-hetero) is 1. The molecule has 0 spiro atoms. The van der Waals surface area contributed by atoms with Gasteiger partial charge in [0.05, 0.1) is 6.42 Å². The molecule has 0 unspecified atom stereocenters. The van der Waals surface area contributed by atoms with Crippen LogP contribution in [0.1, 0.15) is 12.8 Å². The Labute approximate surface area is 70.3 Å². The summed E-state index contributed by atoms with van der Waals surface area (Å²) in [6.45, 7) is 0. The summed E-state index contributed by atoms with van der Waals surface area (Å²) < 4.78 is 0. The van der Waals surface area contributed by atoms with Crippen molar-refractivity contribution in [1.29, 1.82) is 0 Å². The lowest BCUT2D eigenvalue weighted by atomic mass is 9.87. The maximum atomic E-state index is 11.3. The van der Waals surface area contributed by atoms with Gasteiger partial charge in [-0.3, -0.25) is 9.59 Å². The second kappa shape index (κ2) is 2.55. The third-order valence-corrected chi connectivity index (χ3v) is 2.05. The Balaban J connectivity index is 2.49. The third-order valence-electron chi connectivity index (χ3n) is 2.05. The van der Waals surface area contributed by atoms with E-state index >= 15 is 0 Å². The van der Waals surface area contributed by atoms with Crippen LogP contribution < -0.4 is 0 Å². The van der Waals surface area contributed by atoms with Gasteiger partial charge in [-0.05, 0) is 18.1 Å². The fourth-order valence-electron chi connectivity index (χ4n) is 1.48. The maximum Gasteiger partial charge on any atom is 0.170 e. The van der Waals surface area contributed by atoms with E-state index in [-0.39, 0.29) is 18.0 Å². The van der Waals surface area contributed by atoms with Gasteiger partial charge in [0.2, 0.25) is 0 Å². The quantitative estimate of drug-likeness (QED) is 0.501. The topological polar surface area (TPSA) is 34.1 Å². The number of fused-ring (bicyclic) bond motifs is 1. The Bertz CT molecular complexity index is 343. The molecule has 2 nitrogen and oxygen atoms in total. The van der Waals surface area contributed by atoms with E-state index in [4.69, 9.17) is 0 Å². The van der Waals surface area contributed by atoms with Crippen molar-refractivity contribution in [2.24, 2.45) is 0 Å². The Morgan fingerprint density at radius 3 is 2.92 bits per heavy atom. The average molecular weight is 160 g/mol. The van der Waals surface area contributed by atoms with Gasteiger partial charge in [0.15, 0.2) is 11.6 Å². The van der Waals surface area contributed by atoms with E-state index in [1.165, 1.54) is 0 Å². The van der Waals surface area contributed by atoms with Crippen LogP contribution in [-0.4, -0.2) is 11.6 Å². The summed E-state index contributed by atoms with van der Waals surface area (Å²) in [6.07, 6.45) is 7.93. The molecule has 0 aromatic rings. The predicted molar refractivity (Wildman–Crippen MR) is 44.6 cm³/mol. The predicted octanol–water partition coefficient (Wildman–Crippen LogP) is 1.34. The van der Waals surface area contributed by atoms with Gasteiger partial charge in [-0.25, -0.2) is 0 Å². The fraction of sp³-hybridized carbons (Fsp3) is 0.200. The van der Waals surface area contributed by atoms with E-state index in [1.54, 1.807) is 12.2 Å². The summed E-state index contributed by atoms with van der Waals surface area (Å²) in [5.41, 5.74) is 1.59. The summed E-state index contributed by atoms with van der Waals surface area (Å²) in [5, 5.41) is 0. The lowest BCUT2D eigenvalue weighted by Gasteiger charge is -2.15. The third kappa shape index (κ3) is 1.05. The Morgan fingerprint density at radius 2 is 2.08 bits per heavy atom. The summed E-state index contributed by atoms with van der Waals surface area (Å²) in [4.78, 5) is 22.3. The molecule has 2 rings (SSSR count). The lowest BCUT2D eigenvalue weighted by Crippen LogP contribution is -2.17. The summed E-state index contributed by atoms with van der Waals surface area (Å²) in [7, 11) is 0. The van der Waals surface area contributed by atoms with Gasteiger partial charge < -0.3 is 0 Å². The highest BCUT2D eigenvalue weighted by Gasteiger charge is 2.22. The molecule has 0 bridgehead atoms. The minimum atomic E-state index is -0.0672. The summed E-state index contributed by atoms with van der Waals surface area (Å²) in [6, 6.07) is 0. The number of hydrogen-bond donors (Lipinski definition) is 0. The zero-order chi connectivity index (χ0) is 8.55. The molecule has 0 radical (unpaired) electrons. The van der Waals surface area contributed by atoms with Gasteiger partial charge >= 0.3 is 0 Å². The molecular weight excluding hydrogens is 152 g/mol. The lowest BCUT2D eigenvalue weighted by molar-refractivity contribution is -0.123. The van der Waals surface area contributed by atoms with Crippen molar-refractivity contribution in [3.63, 3.8) is 0 Å². The molecule has 12 heavy (non-hydrogen) atoms. The Kier molecular flexibility index (Phi) is 1.54. The van der Waals surface area contributed by atoms with Gasteiger partial charge in [0.25, 0.3) is 0 Å². The first-order valence-electron chi connectivity index (χ1n) is 3.91. The number of carbonyl (C=O) groups excluding carboxylic acids is 2. The number of allylic oxidation sites excluding steroid dienone is 6. The smallest absolute Gasteiger partial charge is 0.170 e. The second-order valence-corrected chi connectivity index (χ2v) is 2.95. The Hall–Kier alpha value is -1.44. The van der Waals surface area contributed by atoms with Crippen LogP contribution in [-0.2, 0) is 9.59 Å². The first-order chi connectivity index (χ1) is 5.77. The van der Waals surface area contributed by atoms with Crippen LogP contribution in [0.5, 0.6) is 0 Å². The molecule has 0 aromatic heterocycles. The molecule has 0 fully saturated rings. The molecule has 0 amide bonds. The first-order valence-corrected chi connectivity index (χ1v) is 3.91. The van der Waals surface area contributed by atoms with Crippen LogP contribution in [0.3, 0.4) is 0 Å². The zero-order valence-corrected chi connectivity index (χ0v) is 6.54. The van der Waals surface area contributed by atoms with E-state index < -0.39 is 0 Å². The highest BCUT2D eigenvalue weighted by Crippen LogP contribution is 2.25. The van der Waals surface area contributed by atoms with Crippen molar-refractivity contribution in [3.8, 4) is 0 Å². The van der Waals surface area contributed by atoms with Crippen LogP contribution in [0.15, 0.2) is 35.5 Å². The van der Waals surface area contributed by atoms with E-state index in [0.29, 0.717) is 6.42 Å². The number of hydrogen-bond acceptors (Lipinski definition) is 2. The van der Waals surface area contributed by atoms with Gasteiger partial charge in [-0.2, -0.15) is 0 Å². The maximum absolute atomic E-state index is 11.3. The summed E-state index contributed by atoms with van der Waals surface area (Å²) >= 11 is 0. The molecule has 0 aliphatic heterocycles. The molecule has 0 saturated heterocycles. The first kappa shape index (κ1) is 7.22. The molecule has 2 aliphatic rings. The molecule has 2 heteroatoms. The molecule has 0 atom stereocenters. The van der Waals surface area contributed by atoms with Gasteiger partial charge in [0, 0.05) is 5.57 Å². The van der Waals surface area contributed by atoms with E-state index in [2.05, 4.69) is 0 Å². The number of carbonyl (C=O) groups is 2. The summed E-state index contributed by atoms with van der Waals surface area (Å²) in [5.74, 6) is -0.107. The van der Waals surface area contributed by atoms with Crippen LogP contribution in [0.4, 0.5) is 0 Å². The van der Waals surface area contributed by atoms with Gasteiger partial charge in [-0.1, -0.05) is 18.2 Å². The standard InChI is InChI=1S/C10H8O2/c11-8-5-7-3-1-2-4-9(7)10(12)6-8/h1-2,4-5H,3,6H2. The molecule has 2 aliphatic carbocycles. The zero-order valence-electron chi connectivity index (χ0n) is 6.54. The molecular formula is C10H8O2. The Morgan fingerprint density at radius 1 is 1.25 bits per heavy atom. The van der Waals surface area contributed by atoms with Gasteiger partial charge in [0.1, 0.15) is 0 Å². The average Bonchev–Trinajstić information content (AvgIpc) is 2.04. The van der Waals surface area contributed by atoms with Crippen LogP contribution in [0.2, 0.25) is 0 Å². The molecule has 0 aromatic carbocycles. The molecule has 0 N–H and O–H groups in total. The van der Waals surface area contributed by atoms with Crippen molar-refractivity contribution < 1.29 is 9.59 Å². The van der Waals surface area contributed by atoms with Crippen LogP contribution in [0, 0.1) is 0 Å². The van der Waals surface area contributed by atoms with Gasteiger partial charge in [-0.15, -0.1) is 0 Å². The second-order valence-electron chi connectivity index (χ2n) is 2.95. The molecule has 0 saturated carbocycles. The largest absolute Gasteiger partial charge is 0.294 e.